The van der Waals surface area contributed by atoms with Gasteiger partial charge in [0.2, 0.25) is 0 Å². The Kier molecular flexibility index (Phi) is 6.46. The number of epoxide rings is 1. The van der Waals surface area contributed by atoms with Gasteiger partial charge < -0.3 is 14.2 Å². The average molecular weight is 418 g/mol. The molecule has 2 aromatic carbocycles. The summed E-state index contributed by atoms with van der Waals surface area (Å²) in [5.41, 5.74) is 0.884. The first kappa shape index (κ1) is 22.2. The SMILES string of the molecule is COc1ccc(-c2ccc(C(F)(F)CC(CC3CO3)C(=O)OC(C)(C)C)cc2)cc1. The van der Waals surface area contributed by atoms with E-state index in [4.69, 9.17) is 14.2 Å². The molecule has 2 atom stereocenters. The van der Waals surface area contributed by atoms with Crippen LogP contribution in [0.5, 0.6) is 5.75 Å². The number of esters is 1. The maximum atomic E-state index is 15.0. The number of hydrogen-bond donors (Lipinski definition) is 0. The van der Waals surface area contributed by atoms with E-state index in [1.54, 1.807) is 40.0 Å². The largest absolute Gasteiger partial charge is 0.497 e. The molecule has 0 bridgehead atoms. The Bertz CT molecular complexity index is 850. The van der Waals surface area contributed by atoms with Crippen LogP contribution in [0.2, 0.25) is 0 Å². The van der Waals surface area contributed by atoms with Crippen LogP contribution in [0.4, 0.5) is 8.78 Å². The molecular formula is C24H28F2O4. The highest BCUT2D eigenvalue weighted by Gasteiger charge is 2.41. The number of alkyl halides is 2. The first-order valence-electron chi connectivity index (χ1n) is 10.0. The third-order valence-corrected chi connectivity index (χ3v) is 4.92. The lowest BCUT2D eigenvalue weighted by Crippen LogP contribution is -2.32. The van der Waals surface area contributed by atoms with Gasteiger partial charge in [0, 0.05) is 12.0 Å². The van der Waals surface area contributed by atoms with Crippen LogP contribution in [0.1, 0.15) is 39.2 Å². The predicted molar refractivity (Wildman–Crippen MR) is 111 cm³/mol. The summed E-state index contributed by atoms with van der Waals surface area (Å²) in [5.74, 6) is -3.95. The van der Waals surface area contributed by atoms with Crippen molar-refractivity contribution in [1.29, 1.82) is 0 Å². The molecule has 30 heavy (non-hydrogen) atoms. The second-order valence-electron chi connectivity index (χ2n) is 8.64. The van der Waals surface area contributed by atoms with Crippen LogP contribution < -0.4 is 4.74 Å². The fourth-order valence-corrected chi connectivity index (χ4v) is 3.29. The molecule has 6 heteroatoms. The zero-order valence-corrected chi connectivity index (χ0v) is 17.8. The van der Waals surface area contributed by atoms with E-state index in [9.17, 15) is 4.79 Å². The average Bonchev–Trinajstić information content (AvgIpc) is 3.50. The third kappa shape index (κ3) is 6.02. The summed E-state index contributed by atoms with van der Waals surface area (Å²) in [6, 6.07) is 13.6. The highest BCUT2D eigenvalue weighted by molar-refractivity contribution is 5.73. The second-order valence-corrected chi connectivity index (χ2v) is 8.64. The van der Waals surface area contributed by atoms with Crippen LogP contribution in [0.3, 0.4) is 0 Å². The number of rotatable bonds is 8. The van der Waals surface area contributed by atoms with Gasteiger partial charge in [0.1, 0.15) is 11.4 Å². The van der Waals surface area contributed by atoms with Crippen molar-refractivity contribution in [1.82, 2.24) is 0 Å². The molecule has 0 aromatic heterocycles. The summed E-state index contributed by atoms with van der Waals surface area (Å²) < 4.78 is 45.7. The van der Waals surface area contributed by atoms with E-state index in [2.05, 4.69) is 0 Å². The zero-order valence-electron chi connectivity index (χ0n) is 17.8. The maximum absolute atomic E-state index is 15.0. The van der Waals surface area contributed by atoms with Crippen molar-refractivity contribution in [3.63, 3.8) is 0 Å². The van der Waals surface area contributed by atoms with Crippen molar-refractivity contribution in [3.8, 4) is 16.9 Å². The lowest BCUT2D eigenvalue weighted by Gasteiger charge is -2.26. The van der Waals surface area contributed by atoms with Crippen molar-refractivity contribution in [2.75, 3.05) is 13.7 Å². The van der Waals surface area contributed by atoms with Crippen molar-refractivity contribution < 1.29 is 27.8 Å². The van der Waals surface area contributed by atoms with Gasteiger partial charge in [-0.3, -0.25) is 4.79 Å². The molecule has 1 aliphatic heterocycles. The minimum absolute atomic E-state index is 0.120. The fourth-order valence-electron chi connectivity index (χ4n) is 3.29. The highest BCUT2D eigenvalue weighted by Crippen LogP contribution is 2.39. The molecule has 3 rings (SSSR count). The minimum atomic E-state index is -3.16. The summed E-state index contributed by atoms with van der Waals surface area (Å²) in [6.07, 6.45) is -0.506. The van der Waals surface area contributed by atoms with E-state index in [1.807, 2.05) is 24.3 Å². The molecule has 1 aliphatic rings. The van der Waals surface area contributed by atoms with E-state index >= 15 is 8.78 Å². The third-order valence-electron chi connectivity index (χ3n) is 4.92. The van der Waals surface area contributed by atoms with Gasteiger partial charge in [-0.05, 0) is 50.5 Å². The topological polar surface area (TPSA) is 48.1 Å². The molecule has 0 amide bonds. The number of benzene rings is 2. The van der Waals surface area contributed by atoms with Gasteiger partial charge in [-0.15, -0.1) is 0 Å². The number of carbonyl (C=O) groups excluding carboxylic acids is 1. The monoisotopic (exact) mass is 418 g/mol. The lowest BCUT2D eigenvalue weighted by atomic mass is 9.91. The first-order chi connectivity index (χ1) is 14.1. The molecule has 0 N–H and O–H groups in total. The Morgan fingerprint density at radius 1 is 1.07 bits per heavy atom. The minimum Gasteiger partial charge on any atom is -0.497 e. The molecule has 1 heterocycles. The van der Waals surface area contributed by atoms with Crippen molar-refractivity contribution in [2.45, 2.75) is 51.2 Å². The summed E-state index contributed by atoms with van der Waals surface area (Å²) >= 11 is 0. The Morgan fingerprint density at radius 2 is 1.60 bits per heavy atom. The smallest absolute Gasteiger partial charge is 0.309 e. The van der Waals surface area contributed by atoms with Crippen LogP contribution in [-0.4, -0.2) is 31.4 Å². The number of ether oxygens (including phenoxy) is 3. The number of hydrogen-bond acceptors (Lipinski definition) is 4. The van der Waals surface area contributed by atoms with E-state index in [0.717, 1.165) is 16.9 Å². The van der Waals surface area contributed by atoms with Crippen molar-refractivity contribution in [3.05, 3.63) is 54.1 Å². The van der Waals surface area contributed by atoms with E-state index < -0.39 is 29.8 Å². The maximum Gasteiger partial charge on any atom is 0.309 e. The Labute approximate surface area is 176 Å². The van der Waals surface area contributed by atoms with Gasteiger partial charge >= 0.3 is 5.97 Å². The Hall–Kier alpha value is -2.47. The zero-order chi connectivity index (χ0) is 21.9. The molecule has 1 fully saturated rings. The van der Waals surface area contributed by atoms with E-state index in [-0.39, 0.29) is 18.1 Å². The molecule has 0 saturated carbocycles. The normalized spacial score (nSPS) is 17.3. The number of halogens is 2. The summed E-state index contributed by atoms with van der Waals surface area (Å²) in [5, 5.41) is 0. The van der Waals surface area contributed by atoms with Crippen LogP contribution in [0, 0.1) is 5.92 Å². The molecule has 0 aliphatic carbocycles. The van der Waals surface area contributed by atoms with Gasteiger partial charge in [0.15, 0.2) is 0 Å². The fraction of sp³-hybridized carbons (Fsp3) is 0.458. The highest BCUT2D eigenvalue weighted by atomic mass is 19.3. The van der Waals surface area contributed by atoms with Crippen LogP contribution in [-0.2, 0) is 20.2 Å². The second kappa shape index (κ2) is 8.72. The standard InChI is InChI=1S/C24H28F2O4/c1-23(2,3)30-22(27)18(13-21-15-29-21)14-24(25,26)19-9-5-16(6-10-19)17-7-11-20(28-4)12-8-17/h5-12,18,21H,13-15H2,1-4H3. The summed E-state index contributed by atoms with van der Waals surface area (Å²) in [6.45, 7) is 5.68. The predicted octanol–water partition coefficient (Wildman–Crippen LogP) is 5.59. The van der Waals surface area contributed by atoms with Gasteiger partial charge in [0.25, 0.3) is 5.92 Å². The summed E-state index contributed by atoms with van der Waals surface area (Å²) in [7, 11) is 1.59. The molecule has 4 nitrogen and oxygen atoms in total. The van der Waals surface area contributed by atoms with Crippen molar-refractivity contribution in [2.24, 2.45) is 5.92 Å². The van der Waals surface area contributed by atoms with Gasteiger partial charge in [-0.2, -0.15) is 0 Å². The Morgan fingerprint density at radius 3 is 2.07 bits per heavy atom. The van der Waals surface area contributed by atoms with Gasteiger partial charge in [-0.1, -0.05) is 36.4 Å². The molecule has 1 saturated heterocycles. The molecule has 0 radical (unpaired) electrons. The van der Waals surface area contributed by atoms with Crippen LogP contribution in [0.15, 0.2) is 48.5 Å². The van der Waals surface area contributed by atoms with Gasteiger partial charge in [-0.25, -0.2) is 8.78 Å². The van der Waals surface area contributed by atoms with Crippen molar-refractivity contribution >= 4 is 5.97 Å². The van der Waals surface area contributed by atoms with E-state index in [0.29, 0.717) is 6.61 Å². The Balaban J connectivity index is 1.74. The molecule has 0 spiro atoms. The first-order valence-corrected chi connectivity index (χ1v) is 10.0. The summed E-state index contributed by atoms with van der Waals surface area (Å²) in [4.78, 5) is 12.5. The lowest BCUT2D eigenvalue weighted by molar-refractivity contribution is -0.164. The molecule has 2 unspecified atom stereocenters. The van der Waals surface area contributed by atoms with Gasteiger partial charge in [0.05, 0.1) is 25.7 Å². The van der Waals surface area contributed by atoms with E-state index in [1.165, 1.54) is 12.1 Å². The van der Waals surface area contributed by atoms with Crippen LogP contribution in [0.25, 0.3) is 11.1 Å². The molecule has 162 valence electrons. The van der Waals surface area contributed by atoms with Crippen LogP contribution >= 0.6 is 0 Å². The number of methoxy groups -OCH3 is 1. The quantitative estimate of drug-likeness (QED) is 0.414. The number of carbonyl (C=O) groups is 1. The molecule has 2 aromatic rings. The molecular weight excluding hydrogens is 390 g/mol.